The highest BCUT2D eigenvalue weighted by Gasteiger charge is 2.25. The molecule has 0 aromatic heterocycles. The fraction of sp³-hybridized carbons (Fsp3) is 0.842. The van der Waals surface area contributed by atoms with Crippen molar-refractivity contribution in [1.82, 2.24) is 20.0 Å². The van der Waals surface area contributed by atoms with E-state index in [-0.39, 0.29) is 23.5 Å². The number of hydrogen-bond acceptors (Lipinski definition) is 5. The van der Waals surface area contributed by atoms with Gasteiger partial charge in [0.05, 0.1) is 19.1 Å². The zero-order valence-electron chi connectivity index (χ0n) is 16.5. The van der Waals surface area contributed by atoms with Crippen LogP contribution in [0.1, 0.15) is 40.0 Å². The normalized spacial score (nSPS) is 20.8. The number of piperidine rings is 1. The maximum atomic E-state index is 12.3. The Morgan fingerprint density at radius 2 is 1.38 bits per heavy atom. The van der Waals surface area contributed by atoms with Crippen LogP contribution in [0.4, 0.5) is 0 Å². The first kappa shape index (κ1) is 20.8. The molecule has 2 aliphatic rings. The number of hydrogen-bond donors (Lipinski definition) is 1. The SMILES string of the molecule is CC(=O)C(NC(=O)CN1CCN(CC(=O)N2CCCCC2)CC1)C(C)C. The molecular formula is C19H34N4O3. The van der Waals surface area contributed by atoms with Gasteiger partial charge in [0.25, 0.3) is 0 Å². The highest BCUT2D eigenvalue weighted by Crippen LogP contribution is 2.10. The fourth-order valence-corrected chi connectivity index (χ4v) is 3.70. The second-order valence-corrected chi connectivity index (χ2v) is 7.89. The number of amides is 2. The lowest BCUT2D eigenvalue weighted by molar-refractivity contribution is -0.134. The van der Waals surface area contributed by atoms with Crippen LogP contribution < -0.4 is 5.32 Å². The van der Waals surface area contributed by atoms with Crippen LogP contribution in [-0.4, -0.2) is 90.7 Å². The molecule has 0 aliphatic carbocycles. The minimum atomic E-state index is -0.411. The van der Waals surface area contributed by atoms with Gasteiger partial charge in [-0.25, -0.2) is 0 Å². The third-order valence-electron chi connectivity index (χ3n) is 5.32. The van der Waals surface area contributed by atoms with Crippen LogP contribution in [0.5, 0.6) is 0 Å². The van der Waals surface area contributed by atoms with Crippen molar-refractivity contribution in [3.63, 3.8) is 0 Å². The van der Waals surface area contributed by atoms with E-state index in [1.165, 1.54) is 13.3 Å². The number of ketones is 1. The van der Waals surface area contributed by atoms with Crippen molar-refractivity contribution in [2.75, 3.05) is 52.4 Å². The molecule has 7 nitrogen and oxygen atoms in total. The first-order valence-electron chi connectivity index (χ1n) is 9.89. The van der Waals surface area contributed by atoms with E-state index in [9.17, 15) is 14.4 Å². The molecule has 0 radical (unpaired) electrons. The average Bonchev–Trinajstić information content (AvgIpc) is 2.61. The van der Waals surface area contributed by atoms with E-state index in [1.807, 2.05) is 18.7 Å². The summed E-state index contributed by atoms with van der Waals surface area (Å²) in [6, 6.07) is -0.411. The zero-order chi connectivity index (χ0) is 19.1. The molecule has 2 rings (SSSR count). The van der Waals surface area contributed by atoms with E-state index >= 15 is 0 Å². The number of Topliss-reactive ketones (excluding diaryl/α,β-unsaturated/α-hetero) is 1. The Labute approximate surface area is 157 Å². The second kappa shape index (κ2) is 10.0. The van der Waals surface area contributed by atoms with Gasteiger partial charge in [-0.15, -0.1) is 0 Å². The van der Waals surface area contributed by atoms with Gasteiger partial charge in [-0.2, -0.15) is 0 Å². The predicted octanol–water partition coefficient (Wildman–Crippen LogP) is 0.346. The fourth-order valence-electron chi connectivity index (χ4n) is 3.70. The largest absolute Gasteiger partial charge is 0.345 e. The van der Waals surface area contributed by atoms with E-state index in [2.05, 4.69) is 15.1 Å². The van der Waals surface area contributed by atoms with Crippen molar-refractivity contribution >= 4 is 17.6 Å². The quantitative estimate of drug-likeness (QED) is 0.704. The number of rotatable bonds is 7. The van der Waals surface area contributed by atoms with E-state index in [0.717, 1.165) is 52.1 Å². The van der Waals surface area contributed by atoms with Crippen molar-refractivity contribution < 1.29 is 14.4 Å². The molecule has 148 valence electrons. The Bertz CT molecular complexity index is 495. The van der Waals surface area contributed by atoms with Gasteiger partial charge >= 0.3 is 0 Å². The molecule has 2 fully saturated rings. The molecule has 0 saturated carbocycles. The molecule has 7 heteroatoms. The Hall–Kier alpha value is -1.47. The molecule has 0 spiro atoms. The van der Waals surface area contributed by atoms with Crippen molar-refractivity contribution in [2.45, 2.75) is 46.1 Å². The van der Waals surface area contributed by atoms with Gasteiger partial charge in [0.15, 0.2) is 5.78 Å². The molecule has 0 aromatic rings. The van der Waals surface area contributed by atoms with Crippen molar-refractivity contribution in [1.29, 1.82) is 0 Å². The molecule has 1 unspecified atom stereocenters. The molecule has 2 amide bonds. The summed E-state index contributed by atoms with van der Waals surface area (Å²) in [4.78, 5) is 42.4. The molecule has 2 aliphatic heterocycles. The van der Waals surface area contributed by atoms with E-state index < -0.39 is 6.04 Å². The number of likely N-dealkylation sites (tertiary alicyclic amines) is 1. The monoisotopic (exact) mass is 366 g/mol. The summed E-state index contributed by atoms with van der Waals surface area (Å²) in [5.41, 5.74) is 0. The molecule has 2 heterocycles. The summed E-state index contributed by atoms with van der Waals surface area (Å²) in [6.07, 6.45) is 3.46. The van der Waals surface area contributed by atoms with E-state index in [1.54, 1.807) is 0 Å². The van der Waals surface area contributed by atoms with E-state index in [4.69, 9.17) is 0 Å². The first-order chi connectivity index (χ1) is 12.4. The summed E-state index contributed by atoms with van der Waals surface area (Å²) in [7, 11) is 0. The molecule has 26 heavy (non-hydrogen) atoms. The van der Waals surface area contributed by atoms with Gasteiger partial charge in [0.2, 0.25) is 11.8 Å². The lowest BCUT2D eigenvalue weighted by Gasteiger charge is -2.36. The third-order valence-corrected chi connectivity index (χ3v) is 5.32. The number of piperazine rings is 1. The van der Waals surface area contributed by atoms with Crippen LogP contribution in [-0.2, 0) is 14.4 Å². The molecule has 1 N–H and O–H groups in total. The highest BCUT2D eigenvalue weighted by atomic mass is 16.2. The van der Waals surface area contributed by atoms with Crippen LogP contribution in [0, 0.1) is 5.92 Å². The average molecular weight is 367 g/mol. The van der Waals surface area contributed by atoms with Gasteiger partial charge in [0.1, 0.15) is 0 Å². The topological polar surface area (TPSA) is 73.0 Å². The van der Waals surface area contributed by atoms with Gasteiger partial charge in [-0.1, -0.05) is 13.8 Å². The maximum Gasteiger partial charge on any atom is 0.236 e. The van der Waals surface area contributed by atoms with Gasteiger partial charge < -0.3 is 10.2 Å². The van der Waals surface area contributed by atoms with Crippen LogP contribution in [0.15, 0.2) is 0 Å². The van der Waals surface area contributed by atoms with Crippen LogP contribution in [0.3, 0.4) is 0 Å². The van der Waals surface area contributed by atoms with Crippen molar-refractivity contribution in [3.05, 3.63) is 0 Å². The number of nitrogens with one attached hydrogen (secondary N) is 1. The Morgan fingerprint density at radius 3 is 1.88 bits per heavy atom. The first-order valence-corrected chi connectivity index (χ1v) is 9.89. The molecule has 0 bridgehead atoms. The zero-order valence-corrected chi connectivity index (χ0v) is 16.5. The highest BCUT2D eigenvalue weighted by molar-refractivity contribution is 5.88. The lowest BCUT2D eigenvalue weighted by Crippen LogP contribution is -2.53. The molecule has 1 atom stereocenters. The summed E-state index contributed by atoms with van der Waals surface area (Å²) in [5.74, 6) is 0.220. The third kappa shape index (κ3) is 6.36. The Kier molecular flexibility index (Phi) is 8.03. The lowest BCUT2D eigenvalue weighted by atomic mass is 10.0. The van der Waals surface area contributed by atoms with E-state index in [0.29, 0.717) is 13.1 Å². The maximum absolute atomic E-state index is 12.3. The number of carbonyl (C=O) groups excluding carboxylic acids is 3. The summed E-state index contributed by atoms with van der Waals surface area (Å²) < 4.78 is 0. The van der Waals surface area contributed by atoms with Crippen molar-refractivity contribution in [3.8, 4) is 0 Å². The van der Waals surface area contributed by atoms with Crippen molar-refractivity contribution in [2.24, 2.45) is 5.92 Å². The predicted molar refractivity (Wildman–Crippen MR) is 101 cm³/mol. The summed E-state index contributed by atoms with van der Waals surface area (Å²) >= 11 is 0. The number of carbonyl (C=O) groups is 3. The molecule has 0 aromatic carbocycles. The summed E-state index contributed by atoms with van der Waals surface area (Å²) in [5, 5.41) is 2.85. The minimum Gasteiger partial charge on any atom is -0.345 e. The smallest absolute Gasteiger partial charge is 0.236 e. The standard InChI is InChI=1S/C19H34N4O3/c1-15(2)19(16(3)24)20-17(25)13-21-9-11-22(12-10-21)14-18(26)23-7-5-4-6-8-23/h15,19H,4-14H2,1-3H3,(H,20,25). The number of nitrogens with zero attached hydrogens (tertiary/aromatic N) is 3. The summed E-state index contributed by atoms with van der Waals surface area (Å²) in [6.45, 7) is 11.1. The Morgan fingerprint density at radius 1 is 0.846 bits per heavy atom. The molecular weight excluding hydrogens is 332 g/mol. The van der Waals surface area contributed by atoms with Crippen LogP contribution >= 0.6 is 0 Å². The van der Waals surface area contributed by atoms with Gasteiger partial charge in [-0.3, -0.25) is 24.2 Å². The van der Waals surface area contributed by atoms with Gasteiger partial charge in [0, 0.05) is 39.3 Å². The Balaban J connectivity index is 1.70. The van der Waals surface area contributed by atoms with Crippen LogP contribution in [0.2, 0.25) is 0 Å². The minimum absolute atomic E-state index is 0.00519. The second-order valence-electron chi connectivity index (χ2n) is 7.89. The molecule has 2 saturated heterocycles. The van der Waals surface area contributed by atoms with Crippen LogP contribution in [0.25, 0.3) is 0 Å². The van der Waals surface area contributed by atoms with Gasteiger partial charge in [-0.05, 0) is 32.1 Å².